The molecule has 1 aromatic rings. The minimum atomic E-state index is -0.833. The number of aromatic hydroxyl groups is 1. The third-order valence-corrected chi connectivity index (χ3v) is 1.86. The second kappa shape index (κ2) is 8.00. The first-order valence-electron chi connectivity index (χ1n) is 5.23. The molecule has 0 unspecified atom stereocenters. The molecule has 0 atom stereocenters. The Kier molecular flexibility index (Phi) is 7.04. The highest BCUT2D eigenvalue weighted by Gasteiger charge is 2.09. The second-order valence-electron chi connectivity index (χ2n) is 3.29. The van der Waals surface area contributed by atoms with Gasteiger partial charge in [0.2, 0.25) is 5.75 Å². The van der Waals surface area contributed by atoms with Crippen LogP contribution in [0.5, 0.6) is 17.2 Å². The van der Waals surface area contributed by atoms with Crippen LogP contribution in [0.25, 0.3) is 6.08 Å². The average molecular weight is 254 g/mol. The van der Waals surface area contributed by atoms with Crippen molar-refractivity contribution in [2.45, 2.75) is 13.8 Å². The van der Waals surface area contributed by atoms with Crippen LogP contribution in [0.3, 0.4) is 0 Å². The summed E-state index contributed by atoms with van der Waals surface area (Å²) in [5.41, 5.74) is 0.930. The fraction of sp³-hybridized carbons (Fsp3) is 0.308. The van der Waals surface area contributed by atoms with Crippen LogP contribution in [0, 0.1) is 0 Å². The summed E-state index contributed by atoms with van der Waals surface area (Å²) in [5, 5.41) is 17.0. The number of ether oxygens (including phenoxy) is 2. The van der Waals surface area contributed by atoms with Crippen molar-refractivity contribution in [1.82, 2.24) is 0 Å². The van der Waals surface area contributed by atoms with E-state index in [1.165, 1.54) is 14.2 Å². The Labute approximate surface area is 106 Å². The number of methoxy groups -OCH3 is 2. The first-order chi connectivity index (χ1) is 8.46. The van der Waals surface area contributed by atoms with Crippen molar-refractivity contribution < 1.29 is 24.5 Å². The molecule has 0 aliphatic rings. The van der Waals surface area contributed by atoms with Gasteiger partial charge in [-0.1, -0.05) is 12.2 Å². The van der Waals surface area contributed by atoms with E-state index in [0.29, 0.717) is 11.5 Å². The highest BCUT2D eigenvalue weighted by Crippen LogP contribution is 2.37. The number of rotatable bonds is 3. The molecule has 0 aromatic heterocycles. The number of benzene rings is 1. The van der Waals surface area contributed by atoms with Crippen molar-refractivity contribution >= 4 is 12.0 Å². The van der Waals surface area contributed by atoms with Crippen molar-refractivity contribution in [2.24, 2.45) is 0 Å². The van der Waals surface area contributed by atoms with Crippen molar-refractivity contribution in [2.75, 3.05) is 14.2 Å². The second-order valence-corrected chi connectivity index (χ2v) is 3.29. The Morgan fingerprint density at radius 2 is 1.61 bits per heavy atom. The Morgan fingerprint density at radius 1 is 1.22 bits per heavy atom. The Hall–Kier alpha value is -2.17. The number of phenols is 1. The molecule has 0 bridgehead atoms. The average Bonchev–Trinajstić information content (AvgIpc) is 2.30. The molecular formula is C13H18O5. The van der Waals surface area contributed by atoms with Crippen LogP contribution < -0.4 is 9.47 Å². The molecule has 0 radical (unpaired) electrons. The standard InChI is InChI=1S/C11H14O3.C2H4O2/c1-4-5-8-6-9(13-2)11(12)10(7-8)14-3;1-2(3)4/h4-7,12H,1-3H3;1H3,(H,3,4). The third kappa shape index (κ3) is 5.25. The summed E-state index contributed by atoms with van der Waals surface area (Å²) < 4.78 is 10.0. The smallest absolute Gasteiger partial charge is 0.300 e. The molecule has 0 amide bonds. The molecule has 0 fully saturated rings. The highest BCUT2D eigenvalue weighted by atomic mass is 16.5. The number of carboxylic acids is 1. The van der Waals surface area contributed by atoms with Gasteiger partial charge < -0.3 is 19.7 Å². The van der Waals surface area contributed by atoms with Crippen LogP contribution in [-0.4, -0.2) is 30.4 Å². The van der Waals surface area contributed by atoms with E-state index >= 15 is 0 Å². The maximum atomic E-state index is 9.61. The van der Waals surface area contributed by atoms with Crippen LogP contribution in [0.15, 0.2) is 18.2 Å². The van der Waals surface area contributed by atoms with E-state index < -0.39 is 5.97 Å². The fourth-order valence-electron chi connectivity index (χ4n) is 1.20. The molecule has 0 aliphatic heterocycles. The van der Waals surface area contributed by atoms with Gasteiger partial charge in [0.15, 0.2) is 11.5 Å². The normalized spacial score (nSPS) is 9.56. The molecule has 5 heteroatoms. The molecule has 0 saturated heterocycles. The van der Waals surface area contributed by atoms with Gasteiger partial charge in [-0.3, -0.25) is 4.79 Å². The van der Waals surface area contributed by atoms with Crippen LogP contribution in [0.4, 0.5) is 0 Å². The van der Waals surface area contributed by atoms with Crippen molar-refractivity contribution in [3.8, 4) is 17.2 Å². The zero-order chi connectivity index (χ0) is 14.1. The maximum absolute atomic E-state index is 9.61. The predicted molar refractivity (Wildman–Crippen MR) is 69.2 cm³/mol. The van der Waals surface area contributed by atoms with E-state index in [2.05, 4.69) is 0 Å². The number of aliphatic carboxylic acids is 1. The molecule has 2 N–H and O–H groups in total. The third-order valence-electron chi connectivity index (χ3n) is 1.86. The van der Waals surface area contributed by atoms with Crippen LogP contribution in [-0.2, 0) is 4.79 Å². The van der Waals surface area contributed by atoms with Gasteiger partial charge in [0.1, 0.15) is 0 Å². The monoisotopic (exact) mass is 254 g/mol. The molecule has 100 valence electrons. The summed E-state index contributed by atoms with van der Waals surface area (Å²) in [6.07, 6.45) is 3.82. The van der Waals surface area contributed by atoms with Gasteiger partial charge in [-0.15, -0.1) is 0 Å². The van der Waals surface area contributed by atoms with Crippen molar-refractivity contribution in [3.05, 3.63) is 23.8 Å². The zero-order valence-corrected chi connectivity index (χ0v) is 10.9. The van der Waals surface area contributed by atoms with Crippen LogP contribution in [0.2, 0.25) is 0 Å². The van der Waals surface area contributed by atoms with E-state index in [-0.39, 0.29) is 5.75 Å². The van der Waals surface area contributed by atoms with Gasteiger partial charge in [0.05, 0.1) is 14.2 Å². The summed E-state index contributed by atoms with van der Waals surface area (Å²) in [6, 6.07) is 3.50. The summed E-state index contributed by atoms with van der Waals surface area (Å²) in [7, 11) is 3.02. The zero-order valence-electron chi connectivity index (χ0n) is 10.9. The van der Waals surface area contributed by atoms with Crippen LogP contribution in [0.1, 0.15) is 19.4 Å². The van der Waals surface area contributed by atoms with E-state index in [1.807, 2.05) is 19.1 Å². The number of carboxylic acid groups (broad SMARTS) is 1. The number of carbonyl (C=O) groups is 1. The topological polar surface area (TPSA) is 76.0 Å². The molecular weight excluding hydrogens is 236 g/mol. The lowest BCUT2D eigenvalue weighted by molar-refractivity contribution is -0.134. The lowest BCUT2D eigenvalue weighted by atomic mass is 10.1. The van der Waals surface area contributed by atoms with E-state index in [0.717, 1.165) is 12.5 Å². The van der Waals surface area contributed by atoms with Gasteiger partial charge in [-0.2, -0.15) is 0 Å². The van der Waals surface area contributed by atoms with E-state index in [9.17, 15) is 5.11 Å². The molecule has 0 spiro atoms. The first kappa shape index (κ1) is 15.8. The molecule has 0 heterocycles. The Morgan fingerprint density at radius 3 is 1.89 bits per heavy atom. The van der Waals surface area contributed by atoms with Crippen molar-refractivity contribution in [3.63, 3.8) is 0 Å². The number of phenolic OH excluding ortho intramolecular Hbond substituents is 1. The highest BCUT2D eigenvalue weighted by molar-refractivity contribution is 5.63. The summed E-state index contributed by atoms with van der Waals surface area (Å²) in [6.45, 7) is 3.01. The largest absolute Gasteiger partial charge is 0.502 e. The van der Waals surface area contributed by atoms with E-state index in [1.54, 1.807) is 12.1 Å². The fourth-order valence-corrected chi connectivity index (χ4v) is 1.20. The summed E-state index contributed by atoms with van der Waals surface area (Å²) in [4.78, 5) is 9.00. The number of allylic oxidation sites excluding steroid dienone is 1. The SMILES string of the molecule is CC(=O)O.CC=Cc1cc(OC)c(O)c(OC)c1. The minimum absolute atomic E-state index is 0.0308. The van der Waals surface area contributed by atoms with Gasteiger partial charge in [-0.25, -0.2) is 0 Å². The lowest BCUT2D eigenvalue weighted by Crippen LogP contribution is -1.89. The summed E-state index contributed by atoms with van der Waals surface area (Å²) in [5.74, 6) is 0.0261. The molecule has 18 heavy (non-hydrogen) atoms. The number of hydrogen-bond acceptors (Lipinski definition) is 4. The molecule has 1 aromatic carbocycles. The molecule has 5 nitrogen and oxygen atoms in total. The lowest BCUT2D eigenvalue weighted by Gasteiger charge is -2.09. The molecule has 0 aliphatic carbocycles. The van der Waals surface area contributed by atoms with Gasteiger partial charge >= 0.3 is 0 Å². The quantitative estimate of drug-likeness (QED) is 0.866. The first-order valence-corrected chi connectivity index (χ1v) is 5.23. The Balaban J connectivity index is 0.000000631. The van der Waals surface area contributed by atoms with Crippen LogP contribution >= 0.6 is 0 Å². The van der Waals surface area contributed by atoms with Gasteiger partial charge in [0, 0.05) is 6.92 Å². The van der Waals surface area contributed by atoms with E-state index in [4.69, 9.17) is 19.4 Å². The Bertz CT molecular complexity index is 394. The van der Waals surface area contributed by atoms with Gasteiger partial charge in [-0.05, 0) is 24.6 Å². The summed E-state index contributed by atoms with van der Waals surface area (Å²) >= 11 is 0. The molecule has 0 saturated carbocycles. The maximum Gasteiger partial charge on any atom is 0.300 e. The number of hydrogen-bond donors (Lipinski definition) is 2. The predicted octanol–water partition coefficient (Wildman–Crippen LogP) is 2.53. The minimum Gasteiger partial charge on any atom is -0.502 e. The molecule has 1 rings (SSSR count). The van der Waals surface area contributed by atoms with Gasteiger partial charge in [0.25, 0.3) is 5.97 Å². The van der Waals surface area contributed by atoms with Crippen molar-refractivity contribution in [1.29, 1.82) is 0 Å².